The fourth-order valence-electron chi connectivity index (χ4n) is 7.91. The highest BCUT2D eigenvalue weighted by atomic mass is 16.6. The molecule has 0 saturated carbocycles. The van der Waals surface area contributed by atoms with Crippen LogP contribution in [0.25, 0.3) is 0 Å². The van der Waals surface area contributed by atoms with Crippen LogP contribution >= 0.6 is 0 Å². The van der Waals surface area contributed by atoms with Crippen LogP contribution in [0.1, 0.15) is 252 Å². The van der Waals surface area contributed by atoms with Crippen molar-refractivity contribution >= 4 is 17.9 Å². The van der Waals surface area contributed by atoms with E-state index in [9.17, 15) is 14.4 Å². The summed E-state index contributed by atoms with van der Waals surface area (Å²) in [6.07, 6.45) is 92.3. The fraction of sp³-hybridized carbons (Fsp3) is 0.592. The molecule has 0 radical (unpaired) electrons. The highest BCUT2D eigenvalue weighted by Crippen LogP contribution is 2.13. The van der Waals surface area contributed by atoms with Gasteiger partial charge in [0.15, 0.2) is 6.10 Å². The molecule has 432 valence electrons. The van der Waals surface area contributed by atoms with Gasteiger partial charge >= 0.3 is 17.9 Å². The lowest BCUT2D eigenvalue weighted by atomic mass is 10.1. The van der Waals surface area contributed by atoms with E-state index in [1.807, 2.05) is 0 Å². The van der Waals surface area contributed by atoms with Crippen molar-refractivity contribution in [2.24, 2.45) is 0 Å². The molecule has 0 aromatic rings. The molecule has 6 nitrogen and oxygen atoms in total. The summed E-state index contributed by atoms with van der Waals surface area (Å²) in [5, 5.41) is 0. The van der Waals surface area contributed by atoms with Crippen LogP contribution in [-0.4, -0.2) is 37.2 Å². The lowest BCUT2D eigenvalue weighted by Gasteiger charge is -2.18. The average molecular weight is 1060 g/mol. The Morgan fingerprint density at radius 1 is 0.273 bits per heavy atom. The van der Waals surface area contributed by atoms with Crippen LogP contribution in [0, 0.1) is 0 Å². The predicted molar refractivity (Wildman–Crippen MR) is 334 cm³/mol. The second kappa shape index (κ2) is 63.6. The molecule has 0 N–H and O–H groups in total. The molecule has 0 aliphatic rings. The van der Waals surface area contributed by atoms with E-state index in [4.69, 9.17) is 14.2 Å². The van der Waals surface area contributed by atoms with Crippen molar-refractivity contribution in [2.45, 2.75) is 258 Å². The largest absolute Gasteiger partial charge is 0.462 e. The van der Waals surface area contributed by atoms with E-state index in [1.54, 1.807) is 0 Å². The number of unbranched alkanes of at least 4 members (excludes halogenated alkanes) is 17. The van der Waals surface area contributed by atoms with Gasteiger partial charge in [0, 0.05) is 19.3 Å². The smallest absolute Gasteiger partial charge is 0.306 e. The Bertz CT molecular complexity index is 1740. The maximum atomic E-state index is 12.9. The van der Waals surface area contributed by atoms with Crippen molar-refractivity contribution in [1.82, 2.24) is 0 Å². The number of carbonyl (C=O) groups is 3. The number of ether oxygens (including phenoxy) is 3. The molecule has 0 heterocycles. The van der Waals surface area contributed by atoms with Gasteiger partial charge in [-0.05, 0) is 148 Å². The molecule has 6 heteroatoms. The van der Waals surface area contributed by atoms with Crippen LogP contribution in [0.15, 0.2) is 158 Å². The van der Waals surface area contributed by atoms with Gasteiger partial charge in [-0.3, -0.25) is 14.4 Å². The van der Waals surface area contributed by atoms with Crippen molar-refractivity contribution in [3.8, 4) is 0 Å². The molecule has 0 amide bonds. The molecule has 1 atom stereocenters. The van der Waals surface area contributed by atoms with Crippen LogP contribution in [0.4, 0.5) is 0 Å². The van der Waals surface area contributed by atoms with Crippen LogP contribution in [0.5, 0.6) is 0 Å². The Morgan fingerprint density at radius 3 is 0.792 bits per heavy atom. The average Bonchev–Trinajstić information content (AvgIpc) is 3.43. The first kappa shape index (κ1) is 72.0. The Hall–Kier alpha value is -4.97. The van der Waals surface area contributed by atoms with E-state index in [-0.39, 0.29) is 37.5 Å². The molecule has 0 aromatic heterocycles. The molecule has 0 aliphatic carbocycles. The van der Waals surface area contributed by atoms with Gasteiger partial charge in [-0.25, -0.2) is 0 Å². The molecule has 0 saturated heterocycles. The third-order valence-electron chi connectivity index (χ3n) is 12.5. The van der Waals surface area contributed by atoms with E-state index in [0.29, 0.717) is 12.8 Å². The van der Waals surface area contributed by atoms with Gasteiger partial charge in [-0.15, -0.1) is 0 Å². The van der Waals surface area contributed by atoms with Crippen LogP contribution < -0.4 is 0 Å². The Kier molecular flexibility index (Phi) is 59.5. The van der Waals surface area contributed by atoms with Crippen molar-refractivity contribution in [2.75, 3.05) is 13.2 Å². The number of rotatable bonds is 54. The first-order valence-corrected chi connectivity index (χ1v) is 31.0. The first-order chi connectivity index (χ1) is 38.0. The zero-order valence-corrected chi connectivity index (χ0v) is 49.4. The van der Waals surface area contributed by atoms with Crippen LogP contribution in [0.2, 0.25) is 0 Å². The fourth-order valence-corrected chi connectivity index (χ4v) is 7.91. The number of carbonyl (C=O) groups excluding carboxylic acids is 3. The topological polar surface area (TPSA) is 78.9 Å². The van der Waals surface area contributed by atoms with Crippen molar-refractivity contribution in [3.63, 3.8) is 0 Å². The summed E-state index contributed by atoms with van der Waals surface area (Å²) in [6.45, 7) is 6.33. The lowest BCUT2D eigenvalue weighted by molar-refractivity contribution is -0.167. The Morgan fingerprint density at radius 2 is 0.506 bits per heavy atom. The summed E-state index contributed by atoms with van der Waals surface area (Å²) in [6, 6.07) is 0. The van der Waals surface area contributed by atoms with Crippen molar-refractivity contribution in [1.29, 1.82) is 0 Å². The minimum atomic E-state index is -0.814. The molecule has 0 spiro atoms. The van der Waals surface area contributed by atoms with Crippen molar-refractivity contribution in [3.05, 3.63) is 158 Å². The van der Waals surface area contributed by atoms with E-state index < -0.39 is 6.10 Å². The summed E-state index contributed by atoms with van der Waals surface area (Å²) < 4.78 is 16.9. The van der Waals surface area contributed by atoms with Gasteiger partial charge in [0.05, 0.1) is 0 Å². The SMILES string of the molecule is CC/C=C\C/C=C\C/C=C\C/C=C\C/C=C\C/C=C\C/C=C\CCCCCCCC(=O)OCC(COC(=O)CCCCCCC/C=C\C/C=C\CCCCC)OC(=O)CCCCCC/C=C\C/C=C\C/C=C\C/C=C\CC. The van der Waals surface area contributed by atoms with Gasteiger partial charge in [-0.2, -0.15) is 0 Å². The van der Waals surface area contributed by atoms with Gasteiger partial charge < -0.3 is 14.2 Å². The van der Waals surface area contributed by atoms with E-state index >= 15 is 0 Å². The molecule has 0 rings (SSSR count). The van der Waals surface area contributed by atoms with Crippen LogP contribution in [0.3, 0.4) is 0 Å². The molecule has 0 aliphatic heterocycles. The summed E-state index contributed by atoms with van der Waals surface area (Å²) in [7, 11) is 0. The second-order valence-electron chi connectivity index (χ2n) is 19.8. The quantitative estimate of drug-likeness (QED) is 0.0261. The summed E-state index contributed by atoms with van der Waals surface area (Å²) in [5.41, 5.74) is 0. The van der Waals surface area contributed by atoms with E-state index in [0.717, 1.165) is 186 Å². The molecule has 0 aromatic carbocycles. The van der Waals surface area contributed by atoms with Gasteiger partial charge in [-0.1, -0.05) is 243 Å². The lowest BCUT2D eigenvalue weighted by Crippen LogP contribution is -2.30. The monoisotopic (exact) mass is 1060 g/mol. The Labute approximate surface area is 473 Å². The van der Waals surface area contributed by atoms with Gasteiger partial charge in [0.25, 0.3) is 0 Å². The number of hydrogen-bond acceptors (Lipinski definition) is 6. The predicted octanol–water partition coefficient (Wildman–Crippen LogP) is 21.3. The van der Waals surface area contributed by atoms with Crippen molar-refractivity contribution < 1.29 is 28.6 Å². The zero-order chi connectivity index (χ0) is 55.7. The summed E-state index contributed by atoms with van der Waals surface area (Å²) in [4.78, 5) is 38.3. The first-order valence-electron chi connectivity index (χ1n) is 31.0. The second-order valence-corrected chi connectivity index (χ2v) is 19.8. The number of hydrogen-bond donors (Lipinski definition) is 0. The zero-order valence-electron chi connectivity index (χ0n) is 49.4. The summed E-state index contributed by atoms with van der Waals surface area (Å²) >= 11 is 0. The summed E-state index contributed by atoms with van der Waals surface area (Å²) in [5.74, 6) is -0.969. The molecular formula is C71H112O6. The third kappa shape index (κ3) is 61.8. The van der Waals surface area contributed by atoms with Crippen LogP contribution in [-0.2, 0) is 28.6 Å². The van der Waals surface area contributed by atoms with E-state index in [1.165, 1.54) is 25.7 Å². The molecular weight excluding hydrogens is 949 g/mol. The third-order valence-corrected chi connectivity index (χ3v) is 12.5. The van der Waals surface area contributed by atoms with Gasteiger partial charge in [0.2, 0.25) is 0 Å². The van der Waals surface area contributed by atoms with Gasteiger partial charge in [0.1, 0.15) is 13.2 Å². The number of allylic oxidation sites excluding steroid dienone is 26. The maximum absolute atomic E-state index is 12.9. The Balaban J connectivity index is 4.47. The minimum absolute atomic E-state index is 0.108. The molecule has 1 unspecified atom stereocenters. The highest BCUT2D eigenvalue weighted by Gasteiger charge is 2.19. The normalized spacial score (nSPS) is 13.2. The maximum Gasteiger partial charge on any atom is 0.306 e. The number of esters is 3. The molecule has 0 fully saturated rings. The van der Waals surface area contributed by atoms with E-state index in [2.05, 4.69) is 179 Å². The molecule has 0 bridgehead atoms. The highest BCUT2D eigenvalue weighted by molar-refractivity contribution is 5.71. The minimum Gasteiger partial charge on any atom is -0.462 e. The standard InChI is InChI=1S/C71H112O6/c1-4-7-10-13-16-19-22-25-28-30-31-32-33-34-35-36-37-38-39-41-43-46-49-52-55-58-61-64-70(73)76-67-68(66-75-69(72)63-60-57-54-51-48-45-42-27-24-21-18-15-12-9-6-3)77-71(74)65-62-59-56-53-50-47-44-40-29-26-23-20-17-14-11-8-5-2/h7-8,10-11,16-21,25-29,31-32,34-35,37-38,41-44,47,68H,4-6,9,12-15,22-24,30,33,36,39-40,45-46,48-67H2,1-3H3/b10-7-,11-8-,19-16-,20-17-,21-18-,28-25-,29-26-,32-31-,35-34-,38-37-,42-27-,43-41-,47-44-. The molecule has 77 heavy (non-hydrogen) atoms.